The van der Waals surface area contributed by atoms with Crippen LogP contribution < -0.4 is 0 Å². The topological polar surface area (TPSA) is 25.2 Å². The minimum absolute atomic E-state index is 0.786. The molecule has 100 valence electrons. The number of carbonyl (C=O) groups excluding carboxylic acids is 1. The molecule has 3 rings (SSSR count). The van der Waals surface area contributed by atoms with E-state index < -0.39 is 0 Å². The molecule has 0 saturated carbocycles. The van der Waals surface area contributed by atoms with Crippen LogP contribution in [0.5, 0.6) is 0 Å². The van der Waals surface area contributed by atoms with Crippen molar-refractivity contribution in [3.8, 4) is 0 Å². The predicted molar refractivity (Wildman–Crippen MR) is 77.6 cm³/mol. The number of carbonyl (C=O) groups is 1. The van der Waals surface area contributed by atoms with Gasteiger partial charge in [0.25, 0.3) is 0 Å². The van der Waals surface area contributed by atoms with Gasteiger partial charge in [-0.1, -0.05) is 18.6 Å². The standard InChI is InChI=1S/C16H20N2O/c19-13-14-5-4-6-16-15(14)7-10-18(16)12-11-17-8-2-1-3-9-17/h4-7,10,13H,1-3,8-9,11-12H2. The highest BCUT2D eigenvalue weighted by atomic mass is 16.1. The SMILES string of the molecule is O=Cc1cccc2c1ccn2CCN1CCCCC1. The summed E-state index contributed by atoms with van der Waals surface area (Å²) in [6.07, 6.45) is 7.09. The van der Waals surface area contributed by atoms with Gasteiger partial charge in [-0.05, 0) is 38.1 Å². The first-order valence-electron chi connectivity index (χ1n) is 7.14. The molecule has 1 aliphatic rings. The van der Waals surface area contributed by atoms with E-state index in [0.717, 1.165) is 30.3 Å². The fourth-order valence-electron chi connectivity index (χ4n) is 2.98. The van der Waals surface area contributed by atoms with E-state index in [1.807, 2.05) is 12.1 Å². The molecule has 1 aliphatic heterocycles. The van der Waals surface area contributed by atoms with E-state index in [9.17, 15) is 4.79 Å². The second-order valence-electron chi connectivity index (χ2n) is 5.31. The van der Waals surface area contributed by atoms with Crippen LogP contribution in [0.15, 0.2) is 30.5 Å². The minimum Gasteiger partial charge on any atom is -0.346 e. The van der Waals surface area contributed by atoms with Crippen molar-refractivity contribution in [2.45, 2.75) is 25.8 Å². The molecule has 2 aromatic rings. The Balaban J connectivity index is 1.76. The van der Waals surface area contributed by atoms with Gasteiger partial charge in [-0.15, -0.1) is 0 Å². The second-order valence-corrected chi connectivity index (χ2v) is 5.31. The Bertz CT molecular complexity index is 567. The lowest BCUT2D eigenvalue weighted by Crippen LogP contribution is -2.32. The summed E-state index contributed by atoms with van der Waals surface area (Å²) in [6.45, 7) is 4.58. The summed E-state index contributed by atoms with van der Waals surface area (Å²) < 4.78 is 2.26. The number of hydrogen-bond acceptors (Lipinski definition) is 2. The van der Waals surface area contributed by atoms with Crippen molar-refractivity contribution in [2.24, 2.45) is 0 Å². The lowest BCUT2D eigenvalue weighted by atomic mass is 10.1. The lowest BCUT2D eigenvalue weighted by Gasteiger charge is -2.26. The first-order chi connectivity index (χ1) is 9.38. The van der Waals surface area contributed by atoms with Crippen molar-refractivity contribution in [1.29, 1.82) is 0 Å². The number of benzene rings is 1. The van der Waals surface area contributed by atoms with E-state index in [4.69, 9.17) is 0 Å². The van der Waals surface area contributed by atoms with E-state index in [1.54, 1.807) is 0 Å². The molecule has 1 aromatic heterocycles. The van der Waals surface area contributed by atoms with Crippen molar-refractivity contribution >= 4 is 17.2 Å². The summed E-state index contributed by atoms with van der Waals surface area (Å²) >= 11 is 0. The molecule has 0 unspecified atom stereocenters. The molecular weight excluding hydrogens is 236 g/mol. The number of aromatic nitrogens is 1. The van der Waals surface area contributed by atoms with Gasteiger partial charge < -0.3 is 9.47 Å². The number of fused-ring (bicyclic) bond motifs is 1. The average molecular weight is 256 g/mol. The monoisotopic (exact) mass is 256 g/mol. The summed E-state index contributed by atoms with van der Waals surface area (Å²) in [5.74, 6) is 0. The van der Waals surface area contributed by atoms with Crippen LogP contribution in [-0.2, 0) is 6.54 Å². The van der Waals surface area contributed by atoms with Crippen molar-refractivity contribution in [3.63, 3.8) is 0 Å². The summed E-state index contributed by atoms with van der Waals surface area (Å²) in [4.78, 5) is 13.6. The molecule has 0 amide bonds. The molecule has 0 N–H and O–H groups in total. The quantitative estimate of drug-likeness (QED) is 0.786. The van der Waals surface area contributed by atoms with Gasteiger partial charge in [0.1, 0.15) is 0 Å². The zero-order valence-corrected chi connectivity index (χ0v) is 11.2. The first kappa shape index (κ1) is 12.4. The summed E-state index contributed by atoms with van der Waals surface area (Å²) in [5, 5.41) is 1.07. The van der Waals surface area contributed by atoms with E-state index in [2.05, 4.69) is 27.8 Å². The molecule has 1 aromatic carbocycles. The minimum atomic E-state index is 0.786. The number of piperidine rings is 1. The Morgan fingerprint density at radius 1 is 1.05 bits per heavy atom. The molecule has 0 spiro atoms. The van der Waals surface area contributed by atoms with Gasteiger partial charge in [-0.2, -0.15) is 0 Å². The van der Waals surface area contributed by atoms with Crippen LogP contribution in [0.25, 0.3) is 10.9 Å². The molecule has 19 heavy (non-hydrogen) atoms. The van der Waals surface area contributed by atoms with Crippen LogP contribution >= 0.6 is 0 Å². The highest BCUT2D eigenvalue weighted by Crippen LogP contribution is 2.19. The lowest BCUT2D eigenvalue weighted by molar-refractivity contribution is 0.112. The maximum absolute atomic E-state index is 11.0. The van der Waals surface area contributed by atoms with E-state index in [1.165, 1.54) is 37.9 Å². The van der Waals surface area contributed by atoms with E-state index in [-0.39, 0.29) is 0 Å². The largest absolute Gasteiger partial charge is 0.346 e. The zero-order chi connectivity index (χ0) is 13.1. The highest BCUT2D eigenvalue weighted by molar-refractivity contribution is 5.97. The van der Waals surface area contributed by atoms with Gasteiger partial charge in [0.15, 0.2) is 6.29 Å². The van der Waals surface area contributed by atoms with Crippen LogP contribution in [0.2, 0.25) is 0 Å². The summed E-state index contributed by atoms with van der Waals surface area (Å²) in [5.41, 5.74) is 1.95. The van der Waals surface area contributed by atoms with Crippen LogP contribution in [0, 0.1) is 0 Å². The van der Waals surface area contributed by atoms with Crippen LogP contribution in [0.1, 0.15) is 29.6 Å². The van der Waals surface area contributed by atoms with Crippen LogP contribution in [-0.4, -0.2) is 35.4 Å². The average Bonchev–Trinajstić information content (AvgIpc) is 2.89. The Morgan fingerprint density at radius 2 is 1.89 bits per heavy atom. The maximum Gasteiger partial charge on any atom is 0.150 e. The van der Waals surface area contributed by atoms with Crippen molar-refractivity contribution in [1.82, 2.24) is 9.47 Å². The third-order valence-electron chi connectivity index (χ3n) is 4.08. The number of rotatable bonds is 4. The molecule has 1 fully saturated rings. The third-order valence-corrected chi connectivity index (χ3v) is 4.08. The second kappa shape index (κ2) is 5.57. The number of aldehydes is 1. The molecule has 1 saturated heterocycles. The number of nitrogens with zero attached hydrogens (tertiary/aromatic N) is 2. The summed E-state index contributed by atoms with van der Waals surface area (Å²) in [6, 6.07) is 7.99. The first-order valence-corrected chi connectivity index (χ1v) is 7.14. The van der Waals surface area contributed by atoms with E-state index in [0.29, 0.717) is 0 Å². The molecular formula is C16H20N2O. The zero-order valence-electron chi connectivity index (χ0n) is 11.2. The molecule has 0 bridgehead atoms. The Kier molecular flexibility index (Phi) is 3.65. The Hall–Kier alpha value is -1.61. The predicted octanol–water partition coefficient (Wildman–Crippen LogP) is 2.94. The third kappa shape index (κ3) is 2.56. The number of likely N-dealkylation sites (tertiary alicyclic amines) is 1. The normalized spacial score (nSPS) is 16.8. The van der Waals surface area contributed by atoms with Crippen molar-refractivity contribution in [2.75, 3.05) is 19.6 Å². The van der Waals surface area contributed by atoms with Crippen molar-refractivity contribution < 1.29 is 4.79 Å². The highest BCUT2D eigenvalue weighted by Gasteiger charge is 2.10. The molecule has 3 nitrogen and oxygen atoms in total. The molecule has 0 radical (unpaired) electrons. The molecule has 2 heterocycles. The van der Waals surface area contributed by atoms with Crippen molar-refractivity contribution in [3.05, 3.63) is 36.0 Å². The fourth-order valence-corrected chi connectivity index (χ4v) is 2.98. The van der Waals surface area contributed by atoms with Crippen LogP contribution in [0.3, 0.4) is 0 Å². The fraction of sp³-hybridized carbons (Fsp3) is 0.438. The van der Waals surface area contributed by atoms with Crippen LogP contribution in [0.4, 0.5) is 0 Å². The van der Waals surface area contributed by atoms with Gasteiger partial charge in [-0.3, -0.25) is 4.79 Å². The van der Waals surface area contributed by atoms with Gasteiger partial charge in [0, 0.05) is 35.8 Å². The molecule has 3 heteroatoms. The van der Waals surface area contributed by atoms with Gasteiger partial charge in [-0.25, -0.2) is 0 Å². The smallest absolute Gasteiger partial charge is 0.150 e. The Labute approximate surface area is 113 Å². The molecule has 0 atom stereocenters. The van der Waals surface area contributed by atoms with Gasteiger partial charge in [0.2, 0.25) is 0 Å². The van der Waals surface area contributed by atoms with E-state index >= 15 is 0 Å². The van der Waals surface area contributed by atoms with Gasteiger partial charge >= 0.3 is 0 Å². The molecule has 0 aliphatic carbocycles. The summed E-state index contributed by atoms with van der Waals surface area (Å²) in [7, 11) is 0. The maximum atomic E-state index is 11.0. The Morgan fingerprint density at radius 3 is 2.68 bits per heavy atom. The van der Waals surface area contributed by atoms with Gasteiger partial charge in [0.05, 0.1) is 0 Å². The number of hydrogen-bond donors (Lipinski definition) is 0.